The molecule has 0 saturated heterocycles. The molecule has 9 nitrogen and oxygen atoms in total. The highest BCUT2D eigenvalue weighted by Gasteiger charge is 2.30. The van der Waals surface area contributed by atoms with Crippen molar-refractivity contribution in [2.24, 2.45) is 5.92 Å². The van der Waals surface area contributed by atoms with Crippen LogP contribution >= 0.6 is 0 Å². The molecule has 1 N–H and O–H groups in total. The number of allylic oxidation sites excluding steroid dienone is 5. The SMILES string of the molecule is CC(C)n1c2nc3nc(nc4c5c(c(nc6nc(nc1c1cc7ccccc7cc12)-c1cc2ccccc2cc1-6)n4O)CC1C=CC=CC1=C5)-c1cc2ccccc2cc1-3. The van der Waals surface area contributed by atoms with Gasteiger partial charge >= 0.3 is 0 Å². The van der Waals surface area contributed by atoms with Gasteiger partial charge in [-0.25, -0.2) is 29.9 Å². The Balaban J connectivity index is 1.26. The highest BCUT2D eigenvalue weighted by molar-refractivity contribution is 6.12. The summed E-state index contributed by atoms with van der Waals surface area (Å²) in [5, 5.41) is 20.8. The average Bonchev–Trinajstić information content (AvgIpc) is 3.95. The standard InChI is InChI=1S/C51H34N8O/c1-27(2)58-48-40-23-32-15-7-8-16-33(32)24-41(40)49(58)55-45-37-20-29-12-4-6-14-31(29)22-39(37)47(53-45)57-51-43-26-35-18-10-9-17-34(35)25-42(43)50(59(51)60)56-46-38-21-30-13-5-3-11-28(30)19-36(38)44(52-46)54-48/h3-25,27,35,60H,26H2,1-2H3. The van der Waals surface area contributed by atoms with Gasteiger partial charge in [-0.3, -0.25) is 0 Å². The van der Waals surface area contributed by atoms with Gasteiger partial charge in [0, 0.05) is 56.1 Å². The molecule has 9 heteroatoms. The zero-order valence-electron chi connectivity index (χ0n) is 32.7. The van der Waals surface area contributed by atoms with E-state index < -0.39 is 0 Å². The van der Waals surface area contributed by atoms with Crippen molar-refractivity contribution in [2.45, 2.75) is 26.3 Å². The largest absolute Gasteiger partial charge is 0.425 e. The fourth-order valence-electron chi connectivity index (χ4n) is 9.59. The first-order chi connectivity index (χ1) is 29.4. The monoisotopic (exact) mass is 774 g/mol. The molecule has 9 aromatic rings. The molecule has 2 aliphatic heterocycles. The van der Waals surface area contributed by atoms with Crippen molar-refractivity contribution < 1.29 is 5.21 Å². The lowest BCUT2D eigenvalue weighted by Crippen LogP contribution is -2.10. The molecule has 0 amide bonds. The predicted octanol–water partition coefficient (Wildman–Crippen LogP) is 11.6. The van der Waals surface area contributed by atoms with Crippen LogP contribution in [0.5, 0.6) is 0 Å². The first kappa shape index (κ1) is 33.2. The summed E-state index contributed by atoms with van der Waals surface area (Å²) < 4.78 is 3.34. The Hall–Kier alpha value is -7.78. The van der Waals surface area contributed by atoms with Gasteiger partial charge in [0.05, 0.1) is 0 Å². The first-order valence-electron chi connectivity index (χ1n) is 20.4. The molecular weight excluding hydrogens is 741 g/mol. The molecule has 2 aliphatic carbocycles. The molecule has 4 aliphatic rings. The molecule has 1 unspecified atom stereocenters. The van der Waals surface area contributed by atoms with Gasteiger partial charge in [-0.2, -0.15) is 0 Å². The van der Waals surface area contributed by atoms with Crippen LogP contribution in [0, 0.1) is 5.92 Å². The van der Waals surface area contributed by atoms with Crippen molar-refractivity contribution in [3.05, 3.63) is 150 Å². The van der Waals surface area contributed by atoms with Gasteiger partial charge in [-0.05, 0) is 101 Å². The number of rotatable bonds is 1. The van der Waals surface area contributed by atoms with E-state index in [4.69, 9.17) is 29.9 Å². The van der Waals surface area contributed by atoms with Crippen molar-refractivity contribution in [2.75, 3.05) is 0 Å². The zero-order valence-corrected chi connectivity index (χ0v) is 32.7. The van der Waals surface area contributed by atoms with Gasteiger partial charge < -0.3 is 9.77 Å². The Bertz CT molecular complexity index is 3700. The number of aromatic nitrogens is 8. The molecule has 13 rings (SSSR count). The summed E-state index contributed by atoms with van der Waals surface area (Å²) in [5.74, 6) is 2.17. The summed E-state index contributed by atoms with van der Waals surface area (Å²) in [6, 6.07) is 38.0. The van der Waals surface area contributed by atoms with Gasteiger partial charge in [-0.15, -0.1) is 4.73 Å². The summed E-state index contributed by atoms with van der Waals surface area (Å²) in [7, 11) is 0. The Morgan fingerprint density at radius 1 is 0.533 bits per heavy atom. The third kappa shape index (κ3) is 4.74. The van der Waals surface area contributed by atoms with Crippen LogP contribution in [0.2, 0.25) is 0 Å². The Labute approximate surface area is 343 Å². The maximum absolute atomic E-state index is 12.4. The first-order valence-corrected chi connectivity index (χ1v) is 20.4. The molecule has 6 aromatic carbocycles. The van der Waals surface area contributed by atoms with Crippen LogP contribution in [-0.2, 0) is 6.42 Å². The zero-order chi connectivity index (χ0) is 39.8. The molecule has 0 fully saturated rings. The van der Waals surface area contributed by atoms with Crippen molar-refractivity contribution >= 4 is 71.8 Å². The van der Waals surface area contributed by atoms with E-state index in [1.807, 2.05) is 24.3 Å². The third-order valence-corrected chi connectivity index (χ3v) is 12.5. The molecule has 5 heterocycles. The number of fused-ring (bicyclic) bond motifs is 24. The van der Waals surface area contributed by atoms with E-state index in [1.54, 1.807) is 0 Å². The van der Waals surface area contributed by atoms with Crippen LogP contribution in [0.3, 0.4) is 0 Å². The van der Waals surface area contributed by atoms with Crippen LogP contribution < -0.4 is 0 Å². The second-order valence-corrected chi connectivity index (χ2v) is 16.4. The number of hydrogen-bond acceptors (Lipinski definition) is 7. The summed E-state index contributed by atoms with van der Waals surface area (Å²) in [6.07, 6.45) is 11.2. The lowest BCUT2D eigenvalue weighted by atomic mass is 9.83. The smallest absolute Gasteiger partial charge is 0.180 e. The fourth-order valence-corrected chi connectivity index (χ4v) is 9.59. The third-order valence-electron chi connectivity index (χ3n) is 12.5. The summed E-state index contributed by atoms with van der Waals surface area (Å²) in [4.78, 5) is 32.1. The molecule has 0 saturated carbocycles. The molecule has 3 aromatic heterocycles. The normalized spacial score (nSPS) is 15.1. The lowest BCUT2D eigenvalue weighted by Gasteiger charge is -2.21. The molecule has 8 bridgehead atoms. The van der Waals surface area contributed by atoms with Crippen LogP contribution in [0.25, 0.3) is 117 Å². The minimum Gasteiger partial charge on any atom is -0.425 e. The van der Waals surface area contributed by atoms with Gasteiger partial charge in [0.15, 0.2) is 34.6 Å². The summed E-state index contributed by atoms with van der Waals surface area (Å²) in [6.45, 7) is 4.33. The molecule has 284 valence electrons. The van der Waals surface area contributed by atoms with Crippen molar-refractivity contribution in [1.82, 2.24) is 39.2 Å². The maximum atomic E-state index is 12.4. The van der Waals surface area contributed by atoms with Crippen LogP contribution in [0.1, 0.15) is 31.0 Å². The second kappa shape index (κ2) is 12.1. The van der Waals surface area contributed by atoms with E-state index in [0.29, 0.717) is 41.0 Å². The topological polar surface area (TPSA) is 107 Å². The lowest BCUT2D eigenvalue weighted by molar-refractivity contribution is 0.208. The van der Waals surface area contributed by atoms with Gasteiger partial charge in [0.2, 0.25) is 0 Å². The Morgan fingerprint density at radius 2 is 0.967 bits per heavy atom. The van der Waals surface area contributed by atoms with E-state index in [2.05, 4.69) is 134 Å². The highest BCUT2D eigenvalue weighted by atomic mass is 16.5. The fraction of sp³-hybridized carbons (Fsp3) is 0.0980. The van der Waals surface area contributed by atoms with E-state index in [1.165, 1.54) is 0 Å². The highest BCUT2D eigenvalue weighted by Crippen LogP contribution is 2.43. The van der Waals surface area contributed by atoms with Gasteiger partial charge in [0.25, 0.3) is 0 Å². The minimum absolute atomic E-state index is 0.0326. The quantitative estimate of drug-likeness (QED) is 0.165. The van der Waals surface area contributed by atoms with E-state index in [0.717, 1.165) is 98.1 Å². The summed E-state index contributed by atoms with van der Waals surface area (Å²) >= 11 is 0. The molecular formula is C51H34N8O. The van der Waals surface area contributed by atoms with E-state index >= 15 is 0 Å². The molecule has 60 heavy (non-hydrogen) atoms. The van der Waals surface area contributed by atoms with E-state index in [-0.39, 0.29) is 12.0 Å². The molecule has 0 radical (unpaired) electrons. The maximum Gasteiger partial charge on any atom is 0.180 e. The van der Waals surface area contributed by atoms with Gasteiger partial charge in [-0.1, -0.05) is 97.1 Å². The van der Waals surface area contributed by atoms with Crippen molar-refractivity contribution in [3.63, 3.8) is 0 Å². The molecule has 1 atom stereocenters. The Morgan fingerprint density at radius 3 is 1.43 bits per heavy atom. The summed E-state index contributed by atoms with van der Waals surface area (Å²) in [5.41, 5.74) is 8.54. The van der Waals surface area contributed by atoms with Crippen LogP contribution in [0.15, 0.2) is 139 Å². The van der Waals surface area contributed by atoms with Gasteiger partial charge in [0.1, 0.15) is 11.3 Å². The molecule has 0 spiro atoms. The number of hydrogen-bond donors (Lipinski definition) is 1. The van der Waals surface area contributed by atoms with Crippen molar-refractivity contribution in [3.8, 4) is 45.6 Å². The van der Waals surface area contributed by atoms with Crippen molar-refractivity contribution in [1.29, 1.82) is 0 Å². The van der Waals surface area contributed by atoms with Crippen LogP contribution in [-0.4, -0.2) is 44.4 Å². The second-order valence-electron chi connectivity index (χ2n) is 16.4. The predicted molar refractivity (Wildman–Crippen MR) is 239 cm³/mol. The number of nitrogens with zero attached hydrogens (tertiary/aromatic N) is 8. The van der Waals surface area contributed by atoms with E-state index in [9.17, 15) is 5.21 Å². The van der Waals surface area contributed by atoms with Crippen LogP contribution in [0.4, 0.5) is 0 Å². The minimum atomic E-state index is -0.0326. The number of benzene rings is 6. The average molecular weight is 775 g/mol. The Kier molecular flexibility index (Phi) is 6.71.